The third-order valence-corrected chi connectivity index (χ3v) is 8.49. The molecule has 43 heavy (non-hydrogen) atoms. The first kappa shape index (κ1) is 28.9. The molecule has 0 saturated heterocycles. The predicted molar refractivity (Wildman–Crippen MR) is 174 cm³/mol. The van der Waals surface area contributed by atoms with Crippen molar-refractivity contribution >= 4 is 28.9 Å². The fourth-order valence-electron chi connectivity index (χ4n) is 5.87. The van der Waals surface area contributed by atoms with Crippen molar-refractivity contribution in [3.05, 3.63) is 166 Å². The van der Waals surface area contributed by atoms with Gasteiger partial charge in [0.2, 0.25) is 0 Å². The maximum Gasteiger partial charge on any atom is 2.00 e. The summed E-state index contributed by atoms with van der Waals surface area (Å²) < 4.78 is 0. The van der Waals surface area contributed by atoms with Crippen LogP contribution in [-0.4, -0.2) is 17.8 Å². The van der Waals surface area contributed by atoms with E-state index in [1.165, 1.54) is 0 Å². The summed E-state index contributed by atoms with van der Waals surface area (Å²) in [7, 11) is 0. The quantitative estimate of drug-likeness (QED) is 0.185. The van der Waals surface area contributed by atoms with Crippen LogP contribution in [0.4, 0.5) is 0 Å². The van der Waals surface area contributed by atoms with E-state index in [1.54, 1.807) is 0 Å². The van der Waals surface area contributed by atoms with Gasteiger partial charge in [-0.1, -0.05) is 111 Å². The summed E-state index contributed by atoms with van der Waals surface area (Å²) >= 11 is 0. The van der Waals surface area contributed by atoms with Crippen LogP contribution in [0.2, 0.25) is 0 Å². The second-order valence-electron chi connectivity index (χ2n) is 12.0. The Hall–Kier alpha value is -4.20. The molecule has 0 amide bonds. The van der Waals surface area contributed by atoms with Crippen molar-refractivity contribution in [1.82, 2.24) is 0 Å². The number of hydrogen-bond donors (Lipinski definition) is 0. The fourth-order valence-corrected chi connectivity index (χ4v) is 5.87. The Kier molecular flexibility index (Phi) is 7.48. The van der Waals surface area contributed by atoms with E-state index in [0.717, 1.165) is 67.5 Å². The summed E-state index contributed by atoms with van der Waals surface area (Å²) in [6.45, 7) is 8.78. The monoisotopic (exact) mass is 736 g/mol. The van der Waals surface area contributed by atoms with Gasteiger partial charge in [-0.25, -0.2) is 9.98 Å². The first-order valence-electron chi connectivity index (χ1n) is 14.4. The second-order valence-corrected chi connectivity index (χ2v) is 12.0. The van der Waals surface area contributed by atoms with Gasteiger partial charge in [-0.2, -0.15) is 0 Å². The summed E-state index contributed by atoms with van der Waals surface area (Å²) in [5.41, 5.74) is 10.3. The molecular formula is C39H31N3Pt. The number of benzene rings is 4. The maximum absolute atomic E-state index is 5.27. The van der Waals surface area contributed by atoms with Gasteiger partial charge >= 0.3 is 21.1 Å². The summed E-state index contributed by atoms with van der Waals surface area (Å²) in [6.07, 6.45) is 6.20. The standard InChI is InChI=1S/C39H31N3.Pt/c1-38(2)30-19-11-18-29(23-30)36(27-15-9-6-10-16-27)33-25-40-37(42-33)39(3,4)31-20-12-17-28(24-31)35(26-13-7-5-8-14-26)32-21-22-34(38)41-32;/h5-22,25H,1-4H3;/q-2;+2/b35-32-,36-33-;. The van der Waals surface area contributed by atoms with E-state index in [1.807, 2.05) is 18.3 Å². The van der Waals surface area contributed by atoms with Crippen LogP contribution in [0.25, 0.3) is 11.1 Å². The van der Waals surface area contributed by atoms with E-state index in [0.29, 0.717) is 0 Å². The third kappa shape index (κ3) is 5.06. The summed E-state index contributed by atoms with van der Waals surface area (Å²) in [5, 5.41) is 0. The molecule has 0 unspecified atom stereocenters. The van der Waals surface area contributed by atoms with Gasteiger partial charge < -0.3 is 0 Å². The Labute approximate surface area is 268 Å². The molecule has 3 heterocycles. The minimum atomic E-state index is -0.479. The minimum Gasteiger partial charge on any atom is -0.262 e. The first-order chi connectivity index (χ1) is 20.3. The summed E-state index contributed by atoms with van der Waals surface area (Å²) in [6, 6.07) is 41.2. The smallest absolute Gasteiger partial charge is 0.262 e. The zero-order valence-electron chi connectivity index (χ0n) is 24.6. The Morgan fingerprint density at radius 1 is 0.535 bits per heavy atom. The van der Waals surface area contributed by atoms with Crippen LogP contribution in [0.1, 0.15) is 61.1 Å². The van der Waals surface area contributed by atoms with E-state index < -0.39 is 5.41 Å². The number of amidine groups is 1. The van der Waals surface area contributed by atoms with Gasteiger partial charge in [-0.3, -0.25) is 4.99 Å². The molecule has 212 valence electrons. The topological polar surface area (TPSA) is 37.1 Å². The maximum atomic E-state index is 5.27. The third-order valence-electron chi connectivity index (χ3n) is 8.49. The van der Waals surface area contributed by atoms with Crippen LogP contribution in [0.15, 0.2) is 136 Å². The molecule has 3 aliphatic rings. The molecule has 0 radical (unpaired) electrons. The number of aliphatic imine (C=N–C) groups is 3. The zero-order valence-corrected chi connectivity index (χ0v) is 26.9. The molecular weight excluding hydrogens is 706 g/mol. The average Bonchev–Trinajstić information content (AvgIpc) is 3.71. The normalized spacial score (nSPS) is 21.2. The van der Waals surface area contributed by atoms with Crippen molar-refractivity contribution in [3.8, 4) is 0 Å². The molecule has 0 N–H and O–H groups in total. The van der Waals surface area contributed by atoms with Crippen molar-refractivity contribution in [1.29, 1.82) is 0 Å². The number of nitrogens with zero attached hydrogens (tertiary/aromatic N) is 3. The predicted octanol–water partition coefficient (Wildman–Crippen LogP) is 8.57. The van der Waals surface area contributed by atoms with Crippen molar-refractivity contribution in [2.24, 2.45) is 15.0 Å². The Bertz CT molecular complexity index is 1760. The van der Waals surface area contributed by atoms with E-state index >= 15 is 0 Å². The Morgan fingerprint density at radius 2 is 1.07 bits per heavy atom. The summed E-state index contributed by atoms with van der Waals surface area (Å²) in [4.78, 5) is 15.4. The van der Waals surface area contributed by atoms with Crippen LogP contribution in [0, 0.1) is 12.1 Å². The van der Waals surface area contributed by atoms with Gasteiger partial charge in [0.1, 0.15) is 5.84 Å². The van der Waals surface area contributed by atoms with Crippen LogP contribution < -0.4 is 0 Å². The molecule has 0 saturated carbocycles. The molecule has 3 aliphatic heterocycles. The molecule has 0 fully saturated rings. The Balaban J connectivity index is 0.00000329. The molecule has 7 rings (SSSR count). The molecule has 0 aliphatic carbocycles. The number of hydrogen-bond acceptors (Lipinski definition) is 3. The van der Waals surface area contributed by atoms with Crippen molar-refractivity contribution in [3.63, 3.8) is 0 Å². The van der Waals surface area contributed by atoms with Gasteiger partial charge in [0.25, 0.3) is 0 Å². The Morgan fingerprint density at radius 3 is 1.65 bits per heavy atom. The molecule has 3 nitrogen and oxygen atoms in total. The van der Waals surface area contributed by atoms with E-state index in [4.69, 9.17) is 15.0 Å². The first-order valence-corrected chi connectivity index (χ1v) is 14.4. The molecule has 4 aromatic carbocycles. The van der Waals surface area contributed by atoms with Gasteiger partial charge in [0, 0.05) is 28.5 Å². The van der Waals surface area contributed by atoms with E-state index in [9.17, 15) is 0 Å². The molecule has 4 heteroatoms. The van der Waals surface area contributed by atoms with Gasteiger partial charge in [0.15, 0.2) is 0 Å². The number of fused-ring (bicyclic) bond motifs is 6. The zero-order chi connectivity index (χ0) is 28.9. The molecule has 4 aromatic rings. The van der Waals surface area contributed by atoms with E-state index in [2.05, 4.69) is 137 Å². The van der Waals surface area contributed by atoms with Gasteiger partial charge in [0.05, 0.1) is 5.70 Å². The number of rotatable bonds is 2. The van der Waals surface area contributed by atoms with Crippen molar-refractivity contribution in [2.75, 3.05) is 0 Å². The molecule has 8 bridgehead atoms. The van der Waals surface area contributed by atoms with Crippen LogP contribution in [0.5, 0.6) is 0 Å². The molecule has 0 spiro atoms. The van der Waals surface area contributed by atoms with Crippen LogP contribution in [0.3, 0.4) is 0 Å². The van der Waals surface area contributed by atoms with Gasteiger partial charge in [-0.15, -0.1) is 70.8 Å². The van der Waals surface area contributed by atoms with Crippen molar-refractivity contribution in [2.45, 2.75) is 38.5 Å². The minimum absolute atomic E-state index is 0. The van der Waals surface area contributed by atoms with Gasteiger partial charge in [-0.05, 0) is 12.2 Å². The fraction of sp³-hybridized carbons (Fsp3) is 0.154. The van der Waals surface area contributed by atoms with Crippen molar-refractivity contribution < 1.29 is 21.1 Å². The number of allylic oxidation sites excluding steroid dienone is 3. The molecule has 0 aromatic heterocycles. The van der Waals surface area contributed by atoms with Crippen LogP contribution >= 0.6 is 0 Å². The SMILES string of the molecule is CC1(C)C2=N/C(=C(/c3ccccc3)c3[c-]c(ccc3)C(C)(C)C3=N/C(=C(/c4ccccc4)c4[c-]c1ccc4)C=N3)C=C2.[Pt+2]. The van der Waals surface area contributed by atoms with E-state index in [-0.39, 0.29) is 26.5 Å². The largest absolute Gasteiger partial charge is 2.00 e. The van der Waals surface area contributed by atoms with Crippen LogP contribution in [-0.2, 0) is 31.9 Å². The summed E-state index contributed by atoms with van der Waals surface area (Å²) in [5.74, 6) is 0.762. The average molecular weight is 737 g/mol. The molecule has 0 atom stereocenters. The second kappa shape index (κ2) is 11.1.